The fourth-order valence-corrected chi connectivity index (χ4v) is 3.08. The van der Waals surface area contributed by atoms with Gasteiger partial charge in [-0.2, -0.15) is 0 Å². The summed E-state index contributed by atoms with van der Waals surface area (Å²) in [6, 6.07) is 14.1. The van der Waals surface area contributed by atoms with Gasteiger partial charge in [-0.3, -0.25) is 0 Å². The van der Waals surface area contributed by atoms with Crippen LogP contribution in [-0.4, -0.2) is 9.55 Å². The summed E-state index contributed by atoms with van der Waals surface area (Å²) in [6.07, 6.45) is 0. The third-order valence-electron chi connectivity index (χ3n) is 3.25. The molecule has 3 rings (SSSR count). The number of para-hydroxylation sites is 2. The molecule has 1 heterocycles. The van der Waals surface area contributed by atoms with Crippen LogP contribution in [0.15, 0.2) is 42.5 Å². The van der Waals surface area contributed by atoms with Crippen molar-refractivity contribution in [3.8, 4) is 0 Å². The molecule has 20 heavy (non-hydrogen) atoms. The number of aryl methyl sites for hydroxylation is 1. The Morgan fingerprint density at radius 3 is 2.80 bits per heavy atom. The van der Waals surface area contributed by atoms with Gasteiger partial charge in [0.2, 0.25) is 0 Å². The van der Waals surface area contributed by atoms with E-state index < -0.39 is 0 Å². The standard InChI is InChI=1S/C15H13ClIN3/c1-20-14-5-3-2-4-13(14)19-15(20)9-18-12-7-6-10(17)8-11(12)16/h2-8,18H,9H2,1H3. The summed E-state index contributed by atoms with van der Waals surface area (Å²) in [5, 5.41) is 4.07. The van der Waals surface area contributed by atoms with Gasteiger partial charge in [0, 0.05) is 10.6 Å². The van der Waals surface area contributed by atoms with E-state index >= 15 is 0 Å². The molecule has 102 valence electrons. The Hall–Kier alpha value is -1.27. The first-order valence-electron chi connectivity index (χ1n) is 6.24. The Labute approximate surface area is 136 Å². The Kier molecular flexibility index (Phi) is 3.85. The molecule has 0 atom stereocenters. The van der Waals surface area contributed by atoms with Gasteiger partial charge in [0.1, 0.15) is 5.82 Å². The quantitative estimate of drug-likeness (QED) is 0.662. The van der Waals surface area contributed by atoms with Crippen molar-refractivity contribution >= 4 is 50.9 Å². The third kappa shape index (κ3) is 2.62. The SMILES string of the molecule is Cn1c(CNc2ccc(I)cc2Cl)nc2ccccc21. The molecule has 1 N–H and O–H groups in total. The maximum absolute atomic E-state index is 6.22. The topological polar surface area (TPSA) is 29.9 Å². The Balaban J connectivity index is 1.85. The van der Waals surface area contributed by atoms with Crippen molar-refractivity contribution in [2.75, 3.05) is 5.32 Å². The number of rotatable bonds is 3. The van der Waals surface area contributed by atoms with Gasteiger partial charge < -0.3 is 9.88 Å². The summed E-state index contributed by atoms with van der Waals surface area (Å²) in [4.78, 5) is 4.63. The minimum Gasteiger partial charge on any atom is -0.377 e. The zero-order valence-electron chi connectivity index (χ0n) is 10.9. The molecule has 2 aromatic carbocycles. The van der Waals surface area contributed by atoms with Crippen LogP contribution in [0.25, 0.3) is 11.0 Å². The van der Waals surface area contributed by atoms with Gasteiger partial charge in [0.15, 0.2) is 0 Å². The van der Waals surface area contributed by atoms with Crippen LogP contribution in [0.1, 0.15) is 5.82 Å². The second-order valence-electron chi connectivity index (χ2n) is 4.55. The first kappa shape index (κ1) is 13.7. The average Bonchev–Trinajstić information content (AvgIpc) is 2.75. The molecule has 0 fully saturated rings. The molecule has 0 unspecified atom stereocenters. The number of hydrogen-bond acceptors (Lipinski definition) is 2. The maximum atomic E-state index is 6.22. The molecule has 0 radical (unpaired) electrons. The molecule has 3 aromatic rings. The average molecular weight is 398 g/mol. The Bertz CT molecular complexity index is 767. The van der Waals surface area contributed by atoms with E-state index in [0.29, 0.717) is 6.54 Å². The van der Waals surface area contributed by atoms with E-state index in [1.165, 1.54) is 0 Å². The molecule has 0 amide bonds. The molecule has 3 nitrogen and oxygen atoms in total. The highest BCUT2D eigenvalue weighted by Gasteiger charge is 2.07. The van der Waals surface area contributed by atoms with E-state index in [1.54, 1.807) is 0 Å². The first-order chi connectivity index (χ1) is 9.65. The fraction of sp³-hybridized carbons (Fsp3) is 0.133. The normalized spacial score (nSPS) is 10.9. The third-order valence-corrected chi connectivity index (χ3v) is 4.23. The first-order valence-corrected chi connectivity index (χ1v) is 7.70. The molecule has 0 saturated heterocycles. The number of nitrogens with zero attached hydrogens (tertiary/aromatic N) is 2. The van der Waals surface area contributed by atoms with E-state index in [0.717, 1.165) is 31.1 Å². The predicted octanol–water partition coefficient (Wildman–Crippen LogP) is 4.44. The van der Waals surface area contributed by atoms with Crippen LogP contribution in [0, 0.1) is 3.57 Å². The molecular formula is C15H13ClIN3. The van der Waals surface area contributed by atoms with Gasteiger partial charge in [0.25, 0.3) is 0 Å². The summed E-state index contributed by atoms with van der Waals surface area (Å²) < 4.78 is 3.23. The highest BCUT2D eigenvalue weighted by Crippen LogP contribution is 2.24. The van der Waals surface area contributed by atoms with Crippen LogP contribution in [0.3, 0.4) is 0 Å². The molecule has 0 bridgehead atoms. The molecule has 0 spiro atoms. The van der Waals surface area contributed by atoms with Crippen molar-refractivity contribution in [1.29, 1.82) is 0 Å². The van der Waals surface area contributed by atoms with Gasteiger partial charge in [-0.1, -0.05) is 23.7 Å². The number of aromatic nitrogens is 2. The zero-order chi connectivity index (χ0) is 14.1. The number of anilines is 1. The van der Waals surface area contributed by atoms with Gasteiger partial charge in [-0.15, -0.1) is 0 Å². The number of imidazole rings is 1. The van der Waals surface area contributed by atoms with Gasteiger partial charge >= 0.3 is 0 Å². The van der Waals surface area contributed by atoms with Crippen molar-refractivity contribution in [3.63, 3.8) is 0 Å². The van der Waals surface area contributed by atoms with E-state index in [1.807, 2.05) is 43.4 Å². The smallest absolute Gasteiger partial charge is 0.128 e. The molecule has 5 heteroatoms. The minimum atomic E-state index is 0.644. The molecular weight excluding hydrogens is 385 g/mol. The number of benzene rings is 2. The maximum Gasteiger partial charge on any atom is 0.128 e. The van der Waals surface area contributed by atoms with Crippen molar-refractivity contribution in [2.24, 2.45) is 7.05 Å². The van der Waals surface area contributed by atoms with Gasteiger partial charge in [0.05, 0.1) is 28.3 Å². The van der Waals surface area contributed by atoms with Crippen LogP contribution < -0.4 is 5.32 Å². The highest BCUT2D eigenvalue weighted by molar-refractivity contribution is 14.1. The van der Waals surface area contributed by atoms with E-state index in [2.05, 4.69) is 43.5 Å². The lowest BCUT2D eigenvalue weighted by molar-refractivity contribution is 0.834. The van der Waals surface area contributed by atoms with Crippen LogP contribution in [0.5, 0.6) is 0 Å². The van der Waals surface area contributed by atoms with Crippen LogP contribution in [0.4, 0.5) is 5.69 Å². The second kappa shape index (κ2) is 5.61. The van der Waals surface area contributed by atoms with Crippen molar-refractivity contribution < 1.29 is 0 Å². The van der Waals surface area contributed by atoms with E-state index in [-0.39, 0.29) is 0 Å². The lowest BCUT2D eigenvalue weighted by Crippen LogP contribution is -2.06. The summed E-state index contributed by atoms with van der Waals surface area (Å²) in [7, 11) is 2.03. The lowest BCUT2D eigenvalue weighted by atomic mass is 10.3. The molecule has 1 aromatic heterocycles. The van der Waals surface area contributed by atoms with Gasteiger partial charge in [-0.25, -0.2) is 4.98 Å². The molecule has 0 aliphatic heterocycles. The predicted molar refractivity (Wildman–Crippen MR) is 92.2 cm³/mol. The Morgan fingerprint density at radius 1 is 1.25 bits per heavy atom. The molecule has 0 aliphatic rings. The zero-order valence-corrected chi connectivity index (χ0v) is 13.8. The van der Waals surface area contributed by atoms with Crippen LogP contribution in [0.2, 0.25) is 5.02 Å². The largest absolute Gasteiger partial charge is 0.377 e. The van der Waals surface area contributed by atoms with E-state index in [4.69, 9.17) is 11.6 Å². The number of fused-ring (bicyclic) bond motifs is 1. The second-order valence-corrected chi connectivity index (χ2v) is 6.21. The molecule has 0 saturated carbocycles. The van der Waals surface area contributed by atoms with Crippen molar-refractivity contribution in [1.82, 2.24) is 9.55 Å². The van der Waals surface area contributed by atoms with Crippen LogP contribution >= 0.6 is 34.2 Å². The number of halogens is 2. The highest BCUT2D eigenvalue weighted by atomic mass is 127. The number of nitrogens with one attached hydrogen (secondary N) is 1. The Morgan fingerprint density at radius 2 is 2.05 bits per heavy atom. The minimum absolute atomic E-state index is 0.644. The summed E-state index contributed by atoms with van der Waals surface area (Å²) >= 11 is 8.47. The van der Waals surface area contributed by atoms with Gasteiger partial charge in [-0.05, 0) is 52.9 Å². The lowest BCUT2D eigenvalue weighted by Gasteiger charge is -2.08. The van der Waals surface area contributed by atoms with Crippen molar-refractivity contribution in [3.05, 3.63) is 56.9 Å². The summed E-state index contributed by atoms with van der Waals surface area (Å²) in [6.45, 7) is 0.644. The summed E-state index contributed by atoms with van der Waals surface area (Å²) in [5.41, 5.74) is 3.08. The van der Waals surface area contributed by atoms with Crippen LogP contribution in [-0.2, 0) is 13.6 Å². The van der Waals surface area contributed by atoms with Crippen molar-refractivity contribution in [2.45, 2.75) is 6.54 Å². The fourth-order valence-electron chi connectivity index (χ4n) is 2.16. The summed E-state index contributed by atoms with van der Waals surface area (Å²) in [5.74, 6) is 0.987. The van der Waals surface area contributed by atoms with E-state index in [9.17, 15) is 0 Å². The molecule has 0 aliphatic carbocycles. The number of hydrogen-bond donors (Lipinski definition) is 1. The monoisotopic (exact) mass is 397 g/mol.